The largest absolute Gasteiger partial charge is 0.288 e. The van der Waals surface area contributed by atoms with E-state index in [9.17, 15) is 0 Å². The number of hydrogen-bond acceptors (Lipinski definition) is 2. The van der Waals surface area contributed by atoms with E-state index in [0.29, 0.717) is 0 Å². The number of nitrogens with zero attached hydrogens (tertiary/aromatic N) is 2. The predicted molar refractivity (Wildman–Crippen MR) is 187 cm³/mol. The van der Waals surface area contributed by atoms with Gasteiger partial charge in [0.1, 0.15) is 0 Å². The predicted octanol–water partition coefficient (Wildman–Crippen LogP) is 9.92. The summed E-state index contributed by atoms with van der Waals surface area (Å²) in [6.07, 6.45) is 7.21. The maximum absolute atomic E-state index is 6.42. The molecule has 0 saturated heterocycles. The summed E-state index contributed by atoms with van der Waals surface area (Å²) in [7, 11) is 0. The zero-order chi connectivity index (χ0) is 28.4. The average molecular weight is 647 g/mol. The molecule has 3 aromatic rings. The SMILES string of the molecule is CCCCCN(CC#Cc1ccc(C#CCN(CCCCC)Cc2ccccc2Cl)cc1)Cc1ccccc1Cl.Cl.Cl. The Morgan fingerprint density at radius 2 is 0.929 bits per heavy atom. The molecule has 0 fully saturated rings. The van der Waals surface area contributed by atoms with Gasteiger partial charge in [0.05, 0.1) is 13.1 Å². The highest BCUT2D eigenvalue weighted by Gasteiger charge is 2.08. The van der Waals surface area contributed by atoms with Crippen LogP contribution in [0.2, 0.25) is 10.0 Å². The molecule has 0 saturated carbocycles. The van der Waals surface area contributed by atoms with Gasteiger partial charge in [-0.25, -0.2) is 0 Å². The third-order valence-electron chi connectivity index (χ3n) is 6.82. The van der Waals surface area contributed by atoms with Gasteiger partial charge in [-0.3, -0.25) is 9.80 Å². The standard InChI is InChI=1S/C36H42Cl2N2.2ClH/c1-3-5-11-25-39(29-33-17-7-9-19-35(33)37)27-13-15-31-21-23-32(24-22-31)16-14-28-40(26-12-6-4-2)30-34-18-8-10-20-36(34)38;;/h7-10,17-24H,3-6,11-12,25-30H2,1-2H3;2*1H. The van der Waals surface area contributed by atoms with E-state index >= 15 is 0 Å². The Labute approximate surface area is 277 Å². The van der Waals surface area contributed by atoms with Crippen molar-refractivity contribution in [3.05, 3.63) is 105 Å². The molecule has 2 nitrogen and oxygen atoms in total. The molecule has 0 unspecified atom stereocenters. The molecule has 6 heteroatoms. The van der Waals surface area contributed by atoms with Gasteiger partial charge in [-0.15, -0.1) is 24.8 Å². The van der Waals surface area contributed by atoms with Gasteiger partial charge in [0.2, 0.25) is 0 Å². The van der Waals surface area contributed by atoms with Gasteiger partial charge < -0.3 is 0 Å². The van der Waals surface area contributed by atoms with E-state index in [1.54, 1.807) is 0 Å². The lowest BCUT2D eigenvalue weighted by molar-refractivity contribution is 0.291. The van der Waals surface area contributed by atoms with Crippen molar-refractivity contribution in [3.63, 3.8) is 0 Å². The van der Waals surface area contributed by atoms with E-state index in [1.807, 2.05) is 36.4 Å². The molecule has 3 aromatic carbocycles. The van der Waals surface area contributed by atoms with Crippen molar-refractivity contribution in [2.75, 3.05) is 26.2 Å². The Bertz CT molecular complexity index is 1180. The van der Waals surface area contributed by atoms with Crippen molar-refractivity contribution in [3.8, 4) is 23.7 Å². The smallest absolute Gasteiger partial charge is 0.0608 e. The third-order valence-corrected chi connectivity index (χ3v) is 7.55. The first kappa shape index (κ1) is 37.9. The third kappa shape index (κ3) is 14.4. The Morgan fingerprint density at radius 3 is 1.29 bits per heavy atom. The summed E-state index contributed by atoms with van der Waals surface area (Å²) >= 11 is 12.8. The van der Waals surface area contributed by atoms with Gasteiger partial charge in [0, 0.05) is 34.3 Å². The van der Waals surface area contributed by atoms with Crippen LogP contribution >= 0.6 is 48.0 Å². The van der Waals surface area contributed by atoms with Crippen LogP contribution in [0.5, 0.6) is 0 Å². The summed E-state index contributed by atoms with van der Waals surface area (Å²) in [6.45, 7) is 9.58. The number of unbranched alkanes of at least 4 members (excludes halogenated alkanes) is 4. The Hall–Kier alpha value is -2.14. The minimum atomic E-state index is 0. The highest BCUT2D eigenvalue weighted by atomic mass is 35.5. The second-order valence-electron chi connectivity index (χ2n) is 10.2. The van der Waals surface area contributed by atoms with Crippen molar-refractivity contribution in [2.24, 2.45) is 0 Å². The van der Waals surface area contributed by atoms with Crippen LogP contribution < -0.4 is 0 Å². The number of benzene rings is 3. The molecule has 0 heterocycles. The second-order valence-corrected chi connectivity index (χ2v) is 11.0. The molecule has 0 atom stereocenters. The number of rotatable bonds is 14. The quantitative estimate of drug-likeness (QED) is 0.127. The van der Waals surface area contributed by atoms with Crippen molar-refractivity contribution in [1.82, 2.24) is 9.80 Å². The molecule has 0 aliphatic heterocycles. The summed E-state index contributed by atoms with van der Waals surface area (Å²) in [4.78, 5) is 4.78. The molecule has 0 amide bonds. The van der Waals surface area contributed by atoms with E-state index in [-0.39, 0.29) is 24.8 Å². The molecule has 42 heavy (non-hydrogen) atoms. The monoisotopic (exact) mass is 644 g/mol. The Balaban J connectivity index is 0.00000441. The fourth-order valence-corrected chi connectivity index (χ4v) is 4.87. The lowest BCUT2D eigenvalue weighted by atomic mass is 10.1. The highest BCUT2D eigenvalue weighted by molar-refractivity contribution is 6.31. The van der Waals surface area contributed by atoms with Crippen molar-refractivity contribution >= 4 is 48.0 Å². The molecule has 0 aliphatic rings. The van der Waals surface area contributed by atoms with Gasteiger partial charge in [-0.1, -0.05) is 123 Å². The molecular formula is C36H44Cl4N2. The molecule has 0 aliphatic carbocycles. The molecule has 0 spiro atoms. The fraction of sp³-hybridized carbons (Fsp3) is 0.389. The maximum atomic E-state index is 6.42. The minimum Gasteiger partial charge on any atom is -0.288 e. The summed E-state index contributed by atoms with van der Waals surface area (Å²) in [6, 6.07) is 24.4. The minimum absolute atomic E-state index is 0. The van der Waals surface area contributed by atoms with E-state index in [1.165, 1.54) is 38.5 Å². The van der Waals surface area contributed by atoms with Crippen LogP contribution in [-0.4, -0.2) is 36.0 Å². The highest BCUT2D eigenvalue weighted by Crippen LogP contribution is 2.18. The van der Waals surface area contributed by atoms with Crippen molar-refractivity contribution in [1.29, 1.82) is 0 Å². The number of hydrogen-bond donors (Lipinski definition) is 0. The van der Waals surface area contributed by atoms with E-state index < -0.39 is 0 Å². The molecule has 0 aromatic heterocycles. The van der Waals surface area contributed by atoms with E-state index in [0.717, 1.165) is 71.6 Å². The van der Waals surface area contributed by atoms with Crippen LogP contribution in [0, 0.1) is 23.7 Å². The van der Waals surface area contributed by atoms with Crippen molar-refractivity contribution < 1.29 is 0 Å². The first-order valence-corrected chi connectivity index (χ1v) is 15.3. The van der Waals surface area contributed by atoms with Crippen LogP contribution in [0.25, 0.3) is 0 Å². The normalized spacial score (nSPS) is 10.2. The zero-order valence-corrected chi connectivity index (χ0v) is 28.0. The molecule has 0 radical (unpaired) electrons. The number of halogens is 4. The van der Waals surface area contributed by atoms with Crippen LogP contribution in [0.1, 0.15) is 74.6 Å². The van der Waals surface area contributed by atoms with E-state index in [4.69, 9.17) is 23.2 Å². The summed E-state index contributed by atoms with van der Waals surface area (Å²) < 4.78 is 0. The average Bonchev–Trinajstić information content (AvgIpc) is 2.96. The Morgan fingerprint density at radius 1 is 0.548 bits per heavy atom. The topological polar surface area (TPSA) is 6.48 Å². The van der Waals surface area contributed by atoms with Crippen molar-refractivity contribution in [2.45, 2.75) is 65.5 Å². The lowest BCUT2D eigenvalue weighted by Gasteiger charge is -2.20. The van der Waals surface area contributed by atoms with Crippen LogP contribution in [-0.2, 0) is 13.1 Å². The lowest BCUT2D eigenvalue weighted by Crippen LogP contribution is -2.25. The molecule has 226 valence electrons. The van der Waals surface area contributed by atoms with Gasteiger partial charge in [-0.2, -0.15) is 0 Å². The van der Waals surface area contributed by atoms with Crippen LogP contribution in [0.4, 0.5) is 0 Å². The molecular weight excluding hydrogens is 602 g/mol. The van der Waals surface area contributed by atoms with Crippen LogP contribution in [0.3, 0.4) is 0 Å². The fourth-order valence-electron chi connectivity index (χ4n) is 4.48. The summed E-state index contributed by atoms with van der Waals surface area (Å²) in [5.74, 6) is 13.4. The maximum Gasteiger partial charge on any atom is 0.0608 e. The summed E-state index contributed by atoms with van der Waals surface area (Å²) in [5.41, 5.74) is 4.33. The zero-order valence-electron chi connectivity index (χ0n) is 24.9. The van der Waals surface area contributed by atoms with Gasteiger partial charge in [-0.05, 0) is 73.5 Å². The van der Waals surface area contributed by atoms with E-state index in [2.05, 4.69) is 83.7 Å². The van der Waals surface area contributed by atoms with Gasteiger partial charge in [0.25, 0.3) is 0 Å². The van der Waals surface area contributed by atoms with Gasteiger partial charge in [0.15, 0.2) is 0 Å². The second kappa shape index (κ2) is 22.4. The molecule has 3 rings (SSSR count). The summed E-state index contributed by atoms with van der Waals surface area (Å²) in [5, 5.41) is 1.64. The first-order valence-electron chi connectivity index (χ1n) is 14.6. The first-order chi connectivity index (χ1) is 19.6. The molecule has 0 bridgehead atoms. The Kier molecular flexibility index (Phi) is 20.2. The van der Waals surface area contributed by atoms with Gasteiger partial charge >= 0.3 is 0 Å². The van der Waals surface area contributed by atoms with Crippen LogP contribution in [0.15, 0.2) is 72.8 Å². The molecule has 0 N–H and O–H groups in total.